The molecule has 4 aromatic rings. The van der Waals surface area contributed by atoms with Gasteiger partial charge in [0.25, 0.3) is 0 Å². The Kier molecular flexibility index (Phi) is 5.55. The number of nitrogens with two attached hydrogens (primary N) is 1. The molecule has 0 aliphatic carbocycles. The summed E-state index contributed by atoms with van der Waals surface area (Å²) < 4.78 is 17.0. The van der Waals surface area contributed by atoms with Gasteiger partial charge in [0.15, 0.2) is 16.8 Å². The second kappa shape index (κ2) is 8.48. The van der Waals surface area contributed by atoms with Gasteiger partial charge in [0.1, 0.15) is 5.52 Å². The fourth-order valence-electron chi connectivity index (χ4n) is 4.04. The molecule has 1 fully saturated rings. The first kappa shape index (κ1) is 20.3. The summed E-state index contributed by atoms with van der Waals surface area (Å²) in [4.78, 5) is 10.4. The van der Waals surface area contributed by atoms with Gasteiger partial charge < -0.3 is 10.6 Å². The van der Waals surface area contributed by atoms with Gasteiger partial charge in [0, 0.05) is 31.1 Å². The number of rotatable bonds is 6. The van der Waals surface area contributed by atoms with E-state index in [2.05, 4.69) is 48.7 Å². The van der Waals surface area contributed by atoms with Crippen molar-refractivity contribution in [1.82, 2.24) is 30.1 Å². The largest absolute Gasteiger partial charge is 0.396 e. The normalized spacial score (nSPS) is 16.3. The predicted molar refractivity (Wildman–Crippen MR) is 122 cm³/mol. The molecule has 1 unspecified atom stereocenters. The third kappa shape index (κ3) is 3.88. The standard InChI is InChI=1S/C20H23FN8S2/c1-2-15(19-24-25-26-29(19)12-13-4-3-11-30-13)27-7-9-28(10-8-27)20-23-18-16(31-20)6-5-14(22)17(18)21/h3-6,11,15H,2,7-10,12,22H2,1H3. The minimum Gasteiger partial charge on any atom is -0.396 e. The number of benzene rings is 1. The first-order chi connectivity index (χ1) is 15.1. The van der Waals surface area contributed by atoms with Crippen molar-refractivity contribution in [3.8, 4) is 0 Å². The maximum Gasteiger partial charge on any atom is 0.186 e. The second-order valence-corrected chi connectivity index (χ2v) is 9.57. The first-order valence-corrected chi connectivity index (χ1v) is 12.0. The summed E-state index contributed by atoms with van der Waals surface area (Å²) in [7, 11) is 0. The Balaban J connectivity index is 1.30. The number of nitrogens with zero attached hydrogens (tertiary/aromatic N) is 7. The molecule has 1 atom stereocenters. The van der Waals surface area contributed by atoms with Gasteiger partial charge in [-0.25, -0.2) is 14.1 Å². The molecular formula is C20H23FN8S2. The number of halogens is 1. The number of fused-ring (bicyclic) bond motifs is 1. The number of hydrogen-bond acceptors (Lipinski definition) is 9. The lowest BCUT2D eigenvalue weighted by Gasteiger charge is -2.38. The van der Waals surface area contributed by atoms with Crippen molar-refractivity contribution in [3.05, 3.63) is 46.2 Å². The number of anilines is 2. The molecule has 1 saturated heterocycles. The number of hydrogen-bond donors (Lipinski definition) is 1. The molecule has 1 aromatic carbocycles. The van der Waals surface area contributed by atoms with E-state index < -0.39 is 5.82 Å². The number of piperazine rings is 1. The minimum atomic E-state index is -0.428. The molecule has 1 aliphatic rings. The summed E-state index contributed by atoms with van der Waals surface area (Å²) in [6.07, 6.45) is 0.927. The molecule has 0 saturated carbocycles. The highest BCUT2D eigenvalue weighted by Gasteiger charge is 2.29. The zero-order valence-corrected chi connectivity index (χ0v) is 18.7. The van der Waals surface area contributed by atoms with Crippen molar-refractivity contribution < 1.29 is 4.39 Å². The highest BCUT2D eigenvalue weighted by molar-refractivity contribution is 7.22. The molecule has 3 aromatic heterocycles. The van der Waals surface area contributed by atoms with Crippen LogP contribution in [0.3, 0.4) is 0 Å². The van der Waals surface area contributed by atoms with E-state index in [9.17, 15) is 4.39 Å². The topological polar surface area (TPSA) is 89.0 Å². The average molecular weight is 459 g/mol. The molecule has 5 rings (SSSR count). The summed E-state index contributed by atoms with van der Waals surface area (Å²) in [5, 5.41) is 15.4. The zero-order chi connectivity index (χ0) is 21.4. The van der Waals surface area contributed by atoms with Crippen LogP contribution in [0.25, 0.3) is 10.2 Å². The zero-order valence-electron chi connectivity index (χ0n) is 17.1. The first-order valence-electron chi connectivity index (χ1n) is 10.3. The summed E-state index contributed by atoms with van der Waals surface area (Å²) in [5.41, 5.74) is 6.19. The molecular weight excluding hydrogens is 435 g/mol. The molecule has 31 heavy (non-hydrogen) atoms. The van der Waals surface area contributed by atoms with Crippen molar-refractivity contribution >= 4 is 43.7 Å². The van der Waals surface area contributed by atoms with E-state index in [1.54, 1.807) is 17.4 Å². The van der Waals surface area contributed by atoms with Crippen LogP contribution in [0.4, 0.5) is 15.2 Å². The molecule has 4 heterocycles. The van der Waals surface area contributed by atoms with Gasteiger partial charge in [-0.2, -0.15) is 0 Å². The number of thiazole rings is 1. The Morgan fingerprint density at radius 2 is 2.03 bits per heavy atom. The van der Waals surface area contributed by atoms with Gasteiger partial charge in [-0.3, -0.25) is 4.90 Å². The summed E-state index contributed by atoms with van der Waals surface area (Å²) in [6.45, 7) is 6.23. The molecule has 0 spiro atoms. The van der Waals surface area contributed by atoms with Crippen molar-refractivity contribution in [2.24, 2.45) is 0 Å². The molecule has 162 valence electrons. The van der Waals surface area contributed by atoms with Crippen LogP contribution in [0.15, 0.2) is 29.6 Å². The van der Waals surface area contributed by atoms with E-state index in [0.717, 1.165) is 48.3 Å². The molecule has 1 aliphatic heterocycles. The quantitative estimate of drug-likeness (QED) is 0.443. The van der Waals surface area contributed by atoms with Gasteiger partial charge in [0.05, 0.1) is 23.0 Å². The smallest absolute Gasteiger partial charge is 0.186 e. The minimum absolute atomic E-state index is 0.139. The maximum absolute atomic E-state index is 14.3. The van der Waals surface area contributed by atoms with Crippen LogP contribution in [0.5, 0.6) is 0 Å². The van der Waals surface area contributed by atoms with Crippen LogP contribution in [-0.2, 0) is 6.54 Å². The highest BCUT2D eigenvalue weighted by atomic mass is 32.1. The fourth-order valence-corrected chi connectivity index (χ4v) is 5.74. The fraction of sp³-hybridized carbons (Fsp3) is 0.400. The van der Waals surface area contributed by atoms with E-state index >= 15 is 0 Å². The third-order valence-electron chi connectivity index (χ3n) is 5.67. The van der Waals surface area contributed by atoms with Crippen molar-refractivity contribution in [3.63, 3.8) is 0 Å². The van der Waals surface area contributed by atoms with Gasteiger partial charge in [0.2, 0.25) is 0 Å². The lowest BCUT2D eigenvalue weighted by molar-refractivity contribution is 0.169. The Hall–Kier alpha value is -2.63. The summed E-state index contributed by atoms with van der Waals surface area (Å²) in [5.74, 6) is 0.476. The van der Waals surface area contributed by atoms with Crippen LogP contribution >= 0.6 is 22.7 Å². The summed E-state index contributed by atoms with van der Waals surface area (Å²) >= 11 is 3.22. The average Bonchev–Trinajstić information content (AvgIpc) is 3.54. The highest BCUT2D eigenvalue weighted by Crippen LogP contribution is 2.33. The molecule has 11 heteroatoms. The van der Waals surface area contributed by atoms with Crippen LogP contribution < -0.4 is 10.6 Å². The van der Waals surface area contributed by atoms with Crippen LogP contribution in [-0.4, -0.2) is 56.3 Å². The van der Waals surface area contributed by atoms with E-state index in [0.29, 0.717) is 12.1 Å². The van der Waals surface area contributed by atoms with Gasteiger partial charge in [-0.1, -0.05) is 24.3 Å². The van der Waals surface area contributed by atoms with Gasteiger partial charge in [-0.05, 0) is 40.4 Å². The Morgan fingerprint density at radius 1 is 1.19 bits per heavy atom. The van der Waals surface area contributed by atoms with E-state index in [1.165, 1.54) is 16.2 Å². The molecule has 2 N–H and O–H groups in total. The lowest BCUT2D eigenvalue weighted by atomic mass is 10.1. The second-order valence-electron chi connectivity index (χ2n) is 7.53. The van der Waals surface area contributed by atoms with Crippen molar-refractivity contribution in [1.29, 1.82) is 0 Å². The van der Waals surface area contributed by atoms with Gasteiger partial charge >= 0.3 is 0 Å². The number of tetrazole rings is 1. The monoisotopic (exact) mass is 458 g/mol. The number of aromatic nitrogens is 5. The Bertz CT molecular complexity index is 1160. The molecule has 0 bridgehead atoms. The van der Waals surface area contributed by atoms with E-state index in [-0.39, 0.29) is 11.7 Å². The van der Waals surface area contributed by atoms with Crippen molar-refractivity contribution in [2.45, 2.75) is 25.9 Å². The Morgan fingerprint density at radius 3 is 2.77 bits per heavy atom. The van der Waals surface area contributed by atoms with E-state index in [4.69, 9.17) is 5.73 Å². The maximum atomic E-state index is 14.3. The Labute approximate surface area is 187 Å². The SMILES string of the molecule is CCC(c1nnnn1Cc1cccs1)N1CCN(c2nc3c(F)c(N)ccc3s2)CC1. The van der Waals surface area contributed by atoms with E-state index in [1.807, 2.05) is 16.8 Å². The van der Waals surface area contributed by atoms with Gasteiger partial charge in [-0.15, -0.1) is 16.4 Å². The van der Waals surface area contributed by atoms with Crippen LogP contribution in [0.2, 0.25) is 0 Å². The third-order valence-corrected chi connectivity index (χ3v) is 7.62. The number of thiophene rings is 1. The number of nitrogen functional groups attached to an aromatic ring is 1. The summed E-state index contributed by atoms with van der Waals surface area (Å²) in [6, 6.07) is 7.74. The molecule has 8 nitrogen and oxygen atoms in total. The van der Waals surface area contributed by atoms with Crippen molar-refractivity contribution in [2.75, 3.05) is 36.8 Å². The molecule has 0 amide bonds. The predicted octanol–water partition coefficient (Wildman–Crippen LogP) is 3.39. The molecule has 0 radical (unpaired) electrons. The van der Waals surface area contributed by atoms with Crippen LogP contribution in [0.1, 0.15) is 30.1 Å². The lowest BCUT2D eigenvalue weighted by Crippen LogP contribution is -2.48. The van der Waals surface area contributed by atoms with Crippen LogP contribution in [0, 0.1) is 5.82 Å².